The minimum atomic E-state index is -0.00595. The Morgan fingerprint density at radius 2 is 2.37 bits per heavy atom. The molecular weight excluding hydrogens is 260 g/mol. The summed E-state index contributed by atoms with van der Waals surface area (Å²) in [6, 6.07) is 10.2. The summed E-state index contributed by atoms with van der Waals surface area (Å²) in [5.74, 6) is -0.00595. The van der Waals surface area contributed by atoms with E-state index in [-0.39, 0.29) is 11.9 Å². The van der Waals surface area contributed by atoms with E-state index in [1.54, 1.807) is 0 Å². The number of carbonyl (C=O) groups is 1. The summed E-state index contributed by atoms with van der Waals surface area (Å²) in [5, 5.41) is 7.40. The first-order chi connectivity index (χ1) is 9.33. The van der Waals surface area contributed by atoms with Crippen LogP contribution in [0, 0.1) is 0 Å². The second-order valence-corrected chi connectivity index (χ2v) is 5.67. The predicted molar refractivity (Wildman–Crippen MR) is 76.8 cm³/mol. The van der Waals surface area contributed by atoms with E-state index in [0.717, 1.165) is 28.1 Å². The number of thiophene rings is 1. The third-order valence-corrected chi connectivity index (χ3v) is 4.27. The average molecular weight is 276 g/mol. The van der Waals surface area contributed by atoms with Crippen LogP contribution in [0.3, 0.4) is 0 Å². The smallest absolute Gasteiger partial charge is 0.261 e. The van der Waals surface area contributed by atoms with E-state index < -0.39 is 0 Å². The molecule has 100 valence electrons. The molecule has 0 radical (unpaired) electrons. The molecule has 0 spiro atoms. The summed E-state index contributed by atoms with van der Waals surface area (Å²) in [7, 11) is 0. The lowest BCUT2D eigenvalue weighted by molar-refractivity contribution is 0.0735. The van der Waals surface area contributed by atoms with Crippen LogP contribution in [0.5, 0.6) is 0 Å². The number of hydrogen-bond acceptors (Lipinski definition) is 4. The van der Waals surface area contributed by atoms with Gasteiger partial charge in [-0.1, -0.05) is 18.2 Å². The lowest BCUT2D eigenvalue weighted by Crippen LogP contribution is -2.48. The van der Waals surface area contributed by atoms with Gasteiger partial charge in [-0.2, -0.15) is 0 Å². The summed E-state index contributed by atoms with van der Waals surface area (Å²) >= 11 is 1.53. The molecule has 1 unspecified atom stereocenters. The molecule has 4 nitrogen and oxygen atoms in total. The van der Waals surface area contributed by atoms with Crippen LogP contribution in [0.15, 0.2) is 30.3 Å². The lowest BCUT2D eigenvalue weighted by atomic mass is 10.2. The molecule has 2 N–H and O–H groups in total. The maximum absolute atomic E-state index is 12.1. The zero-order chi connectivity index (χ0) is 13.1. The van der Waals surface area contributed by atoms with Crippen molar-refractivity contribution in [3.63, 3.8) is 0 Å². The molecule has 3 rings (SSSR count). The van der Waals surface area contributed by atoms with Crippen molar-refractivity contribution in [1.29, 1.82) is 0 Å². The van der Waals surface area contributed by atoms with Crippen molar-refractivity contribution in [3.05, 3.63) is 35.2 Å². The first-order valence-corrected chi connectivity index (χ1v) is 7.22. The van der Waals surface area contributed by atoms with Crippen molar-refractivity contribution in [1.82, 2.24) is 10.6 Å². The van der Waals surface area contributed by atoms with Crippen LogP contribution in [-0.4, -0.2) is 38.3 Å². The Morgan fingerprint density at radius 1 is 1.47 bits per heavy atom. The molecule has 1 atom stereocenters. The largest absolute Gasteiger partial charge is 0.378 e. The van der Waals surface area contributed by atoms with E-state index in [1.165, 1.54) is 11.3 Å². The topological polar surface area (TPSA) is 50.4 Å². The molecule has 0 bridgehead atoms. The van der Waals surface area contributed by atoms with Gasteiger partial charge in [-0.3, -0.25) is 4.79 Å². The number of nitrogens with one attached hydrogen (secondary N) is 2. The first-order valence-electron chi connectivity index (χ1n) is 6.41. The number of ether oxygens (including phenoxy) is 1. The fraction of sp³-hybridized carbons (Fsp3) is 0.357. The van der Waals surface area contributed by atoms with Gasteiger partial charge >= 0.3 is 0 Å². The minimum Gasteiger partial charge on any atom is -0.378 e. The highest BCUT2D eigenvalue weighted by Gasteiger charge is 2.15. The van der Waals surface area contributed by atoms with Crippen LogP contribution < -0.4 is 10.6 Å². The van der Waals surface area contributed by atoms with Gasteiger partial charge in [-0.25, -0.2) is 0 Å². The van der Waals surface area contributed by atoms with Gasteiger partial charge in [0.15, 0.2) is 0 Å². The van der Waals surface area contributed by atoms with Gasteiger partial charge in [0.25, 0.3) is 5.91 Å². The van der Waals surface area contributed by atoms with Crippen LogP contribution in [-0.2, 0) is 4.74 Å². The van der Waals surface area contributed by atoms with E-state index in [2.05, 4.69) is 10.6 Å². The molecular formula is C14H16N2O2S. The Labute approximate surface area is 115 Å². The van der Waals surface area contributed by atoms with Crippen molar-refractivity contribution in [2.75, 3.05) is 26.3 Å². The Morgan fingerprint density at radius 3 is 3.16 bits per heavy atom. The second-order valence-electron chi connectivity index (χ2n) is 4.58. The Hall–Kier alpha value is -1.43. The van der Waals surface area contributed by atoms with Crippen molar-refractivity contribution in [2.24, 2.45) is 0 Å². The Balaban J connectivity index is 1.63. The monoisotopic (exact) mass is 276 g/mol. The summed E-state index contributed by atoms with van der Waals surface area (Å²) in [6.07, 6.45) is 0. The van der Waals surface area contributed by atoms with Gasteiger partial charge in [-0.05, 0) is 17.5 Å². The molecule has 5 heteroatoms. The minimum absolute atomic E-state index is 0.00595. The van der Waals surface area contributed by atoms with Gasteiger partial charge in [0, 0.05) is 23.8 Å². The molecule has 1 aromatic carbocycles. The van der Waals surface area contributed by atoms with Gasteiger partial charge in [0.05, 0.1) is 18.1 Å². The summed E-state index contributed by atoms with van der Waals surface area (Å²) in [5.41, 5.74) is 0. The van der Waals surface area contributed by atoms with E-state index >= 15 is 0 Å². The molecule has 2 aromatic rings. The van der Waals surface area contributed by atoms with Crippen molar-refractivity contribution < 1.29 is 9.53 Å². The molecule has 1 fully saturated rings. The lowest BCUT2D eigenvalue weighted by Gasteiger charge is -2.23. The molecule has 1 aromatic heterocycles. The third kappa shape index (κ3) is 2.94. The number of hydrogen-bond donors (Lipinski definition) is 2. The molecule has 0 aliphatic carbocycles. The van der Waals surface area contributed by atoms with Crippen molar-refractivity contribution in [3.8, 4) is 0 Å². The summed E-state index contributed by atoms with van der Waals surface area (Å²) in [4.78, 5) is 12.8. The fourth-order valence-electron chi connectivity index (χ4n) is 2.15. The van der Waals surface area contributed by atoms with Crippen molar-refractivity contribution in [2.45, 2.75) is 6.04 Å². The molecule has 1 saturated heterocycles. The number of benzene rings is 1. The van der Waals surface area contributed by atoms with Crippen LogP contribution in [0.4, 0.5) is 0 Å². The zero-order valence-corrected chi connectivity index (χ0v) is 11.3. The molecule has 1 amide bonds. The standard InChI is InChI=1S/C14H16N2O2S/c17-14(16-8-11-9-18-6-5-15-11)13-7-10-3-1-2-4-12(10)19-13/h1-4,7,11,15H,5-6,8-9H2,(H,16,17). The Bertz CT molecular complexity index is 543. The van der Waals surface area contributed by atoms with Crippen LogP contribution in [0.1, 0.15) is 9.67 Å². The normalized spacial score (nSPS) is 19.5. The molecule has 2 heterocycles. The van der Waals surface area contributed by atoms with Gasteiger partial charge < -0.3 is 15.4 Å². The highest BCUT2D eigenvalue weighted by molar-refractivity contribution is 7.20. The SMILES string of the molecule is O=C(NCC1COCCN1)c1cc2ccccc2s1. The number of amides is 1. The van der Waals surface area contributed by atoms with E-state index in [1.807, 2.05) is 30.3 Å². The quantitative estimate of drug-likeness (QED) is 0.895. The van der Waals surface area contributed by atoms with Crippen molar-refractivity contribution >= 4 is 27.3 Å². The average Bonchev–Trinajstić information content (AvgIpc) is 2.90. The van der Waals surface area contributed by atoms with Gasteiger partial charge in [0.1, 0.15) is 0 Å². The number of carbonyl (C=O) groups excluding carboxylic acids is 1. The highest BCUT2D eigenvalue weighted by Crippen LogP contribution is 2.24. The fourth-order valence-corrected chi connectivity index (χ4v) is 3.13. The predicted octanol–water partition coefficient (Wildman–Crippen LogP) is 1.62. The molecule has 1 aliphatic heterocycles. The number of morpholine rings is 1. The van der Waals surface area contributed by atoms with Crippen LogP contribution >= 0.6 is 11.3 Å². The number of fused-ring (bicyclic) bond motifs is 1. The van der Waals surface area contributed by atoms with Gasteiger partial charge in [0.2, 0.25) is 0 Å². The first kappa shape index (κ1) is 12.6. The van der Waals surface area contributed by atoms with Crippen LogP contribution in [0.25, 0.3) is 10.1 Å². The summed E-state index contributed by atoms with van der Waals surface area (Å²) < 4.78 is 6.50. The van der Waals surface area contributed by atoms with E-state index in [0.29, 0.717) is 13.2 Å². The zero-order valence-electron chi connectivity index (χ0n) is 10.5. The summed E-state index contributed by atoms with van der Waals surface area (Å²) in [6.45, 7) is 2.87. The maximum atomic E-state index is 12.1. The van der Waals surface area contributed by atoms with E-state index in [9.17, 15) is 4.79 Å². The maximum Gasteiger partial charge on any atom is 0.261 e. The second kappa shape index (κ2) is 5.69. The number of rotatable bonds is 3. The molecule has 1 aliphatic rings. The third-order valence-electron chi connectivity index (χ3n) is 3.16. The van der Waals surface area contributed by atoms with Gasteiger partial charge in [-0.15, -0.1) is 11.3 Å². The van der Waals surface area contributed by atoms with Crippen LogP contribution in [0.2, 0.25) is 0 Å². The highest BCUT2D eigenvalue weighted by atomic mass is 32.1. The molecule has 19 heavy (non-hydrogen) atoms. The Kier molecular flexibility index (Phi) is 3.77. The van der Waals surface area contributed by atoms with E-state index in [4.69, 9.17) is 4.74 Å². The molecule has 0 saturated carbocycles.